The molecule has 1 aliphatic carbocycles. The van der Waals surface area contributed by atoms with Crippen LogP contribution < -0.4 is 0 Å². The fourth-order valence-corrected chi connectivity index (χ4v) is 2.53. The van der Waals surface area contributed by atoms with Gasteiger partial charge in [0.2, 0.25) is 0 Å². The Morgan fingerprint density at radius 1 is 1.00 bits per heavy atom. The molecule has 1 fully saturated rings. The second kappa shape index (κ2) is 8.12. The van der Waals surface area contributed by atoms with Crippen LogP contribution in [0, 0.1) is 0 Å². The number of rotatable bonds is 5. The highest BCUT2D eigenvalue weighted by Gasteiger charge is 2.15. The van der Waals surface area contributed by atoms with Gasteiger partial charge in [0, 0.05) is 12.6 Å². The van der Waals surface area contributed by atoms with Crippen molar-refractivity contribution < 1.29 is 5.11 Å². The molecule has 1 rings (SSSR count). The summed E-state index contributed by atoms with van der Waals surface area (Å²) in [6, 6.07) is 0.809. The molecule has 0 bridgehead atoms. The largest absolute Gasteiger partial charge is 0.396 e. The van der Waals surface area contributed by atoms with Gasteiger partial charge in [-0.3, -0.25) is 0 Å². The maximum Gasteiger partial charge on any atom is 0.0431 e. The zero-order valence-electron chi connectivity index (χ0n) is 10.2. The number of hydrogen-bond donors (Lipinski definition) is 1. The first-order valence-electron chi connectivity index (χ1n) is 6.65. The van der Waals surface area contributed by atoms with Crippen molar-refractivity contribution in [2.45, 2.75) is 63.8 Å². The van der Waals surface area contributed by atoms with Crippen molar-refractivity contribution in [1.82, 2.24) is 4.90 Å². The standard InChI is InChI=1S/C13H27NO/c1-14(11-7-8-12-15)13-9-5-3-2-4-6-10-13/h13,15H,2-12H2,1H3. The van der Waals surface area contributed by atoms with Crippen LogP contribution in [-0.2, 0) is 0 Å². The van der Waals surface area contributed by atoms with Crippen molar-refractivity contribution >= 4 is 0 Å². The molecule has 15 heavy (non-hydrogen) atoms. The minimum Gasteiger partial charge on any atom is -0.396 e. The lowest BCUT2D eigenvalue weighted by Crippen LogP contribution is -2.33. The number of aliphatic hydroxyl groups is 1. The highest BCUT2D eigenvalue weighted by atomic mass is 16.2. The molecule has 0 aliphatic heterocycles. The van der Waals surface area contributed by atoms with E-state index in [-0.39, 0.29) is 0 Å². The molecule has 2 nitrogen and oxygen atoms in total. The van der Waals surface area contributed by atoms with Crippen LogP contribution >= 0.6 is 0 Å². The van der Waals surface area contributed by atoms with E-state index in [0.717, 1.165) is 25.4 Å². The third-order valence-corrected chi connectivity index (χ3v) is 3.62. The zero-order chi connectivity index (χ0) is 10.9. The Bertz CT molecular complexity index is 141. The molecule has 0 amide bonds. The highest BCUT2D eigenvalue weighted by Crippen LogP contribution is 2.20. The van der Waals surface area contributed by atoms with E-state index in [1.165, 1.54) is 44.9 Å². The molecule has 90 valence electrons. The van der Waals surface area contributed by atoms with Gasteiger partial charge in [-0.25, -0.2) is 0 Å². The van der Waals surface area contributed by atoms with Gasteiger partial charge in [0.25, 0.3) is 0 Å². The summed E-state index contributed by atoms with van der Waals surface area (Å²) >= 11 is 0. The molecular weight excluding hydrogens is 186 g/mol. The van der Waals surface area contributed by atoms with E-state index >= 15 is 0 Å². The molecule has 1 aliphatic rings. The molecular formula is C13H27NO. The van der Waals surface area contributed by atoms with Gasteiger partial charge >= 0.3 is 0 Å². The van der Waals surface area contributed by atoms with Crippen molar-refractivity contribution in [2.24, 2.45) is 0 Å². The van der Waals surface area contributed by atoms with Crippen molar-refractivity contribution in [3.8, 4) is 0 Å². The SMILES string of the molecule is CN(CCCCO)C1CCCCCCC1. The molecule has 0 unspecified atom stereocenters. The Morgan fingerprint density at radius 2 is 1.60 bits per heavy atom. The van der Waals surface area contributed by atoms with Crippen LogP contribution in [0.3, 0.4) is 0 Å². The smallest absolute Gasteiger partial charge is 0.0431 e. The van der Waals surface area contributed by atoms with Gasteiger partial charge in [-0.15, -0.1) is 0 Å². The van der Waals surface area contributed by atoms with E-state index in [9.17, 15) is 0 Å². The lowest BCUT2D eigenvalue weighted by atomic mass is 9.96. The summed E-state index contributed by atoms with van der Waals surface area (Å²) < 4.78 is 0. The van der Waals surface area contributed by atoms with Crippen LogP contribution in [0.4, 0.5) is 0 Å². The van der Waals surface area contributed by atoms with Gasteiger partial charge in [0.1, 0.15) is 0 Å². The highest BCUT2D eigenvalue weighted by molar-refractivity contribution is 4.71. The molecule has 0 aromatic carbocycles. The Labute approximate surface area is 94.7 Å². The molecule has 0 aromatic heterocycles. The fourth-order valence-electron chi connectivity index (χ4n) is 2.53. The molecule has 0 heterocycles. The van der Waals surface area contributed by atoms with E-state index in [0.29, 0.717) is 6.61 Å². The molecule has 0 spiro atoms. The van der Waals surface area contributed by atoms with Crippen LogP contribution in [-0.4, -0.2) is 36.2 Å². The third kappa shape index (κ3) is 5.53. The van der Waals surface area contributed by atoms with Gasteiger partial charge in [-0.05, 0) is 39.3 Å². The predicted molar refractivity (Wildman–Crippen MR) is 65.1 cm³/mol. The topological polar surface area (TPSA) is 23.5 Å². The van der Waals surface area contributed by atoms with Crippen LogP contribution in [0.5, 0.6) is 0 Å². The van der Waals surface area contributed by atoms with Crippen molar-refractivity contribution in [1.29, 1.82) is 0 Å². The minimum absolute atomic E-state index is 0.346. The van der Waals surface area contributed by atoms with E-state index < -0.39 is 0 Å². The Kier molecular flexibility index (Phi) is 7.03. The first-order valence-corrected chi connectivity index (χ1v) is 6.65. The summed E-state index contributed by atoms with van der Waals surface area (Å²) in [6.07, 6.45) is 12.0. The zero-order valence-corrected chi connectivity index (χ0v) is 10.2. The maximum atomic E-state index is 8.75. The van der Waals surface area contributed by atoms with E-state index in [4.69, 9.17) is 5.11 Å². The number of unbranched alkanes of at least 4 members (excludes halogenated alkanes) is 1. The second-order valence-electron chi connectivity index (χ2n) is 4.91. The summed E-state index contributed by atoms with van der Waals surface area (Å²) in [5.74, 6) is 0. The fraction of sp³-hybridized carbons (Fsp3) is 1.00. The summed E-state index contributed by atoms with van der Waals surface area (Å²) in [4.78, 5) is 2.51. The van der Waals surface area contributed by atoms with E-state index in [1.54, 1.807) is 0 Å². The number of nitrogens with zero attached hydrogens (tertiary/aromatic N) is 1. The number of aliphatic hydroxyl groups excluding tert-OH is 1. The van der Waals surface area contributed by atoms with Crippen LogP contribution in [0.25, 0.3) is 0 Å². The van der Waals surface area contributed by atoms with E-state index in [1.807, 2.05) is 0 Å². The lowest BCUT2D eigenvalue weighted by Gasteiger charge is -2.29. The normalized spacial score (nSPS) is 20.2. The van der Waals surface area contributed by atoms with Gasteiger partial charge in [-0.1, -0.05) is 32.1 Å². The van der Waals surface area contributed by atoms with E-state index in [2.05, 4.69) is 11.9 Å². The Morgan fingerprint density at radius 3 is 2.20 bits per heavy atom. The van der Waals surface area contributed by atoms with Crippen LogP contribution in [0.1, 0.15) is 57.8 Å². The van der Waals surface area contributed by atoms with Crippen molar-refractivity contribution in [3.05, 3.63) is 0 Å². The van der Waals surface area contributed by atoms with Crippen LogP contribution in [0.2, 0.25) is 0 Å². The summed E-state index contributed by atoms with van der Waals surface area (Å²) in [6.45, 7) is 1.50. The number of hydrogen-bond acceptors (Lipinski definition) is 2. The van der Waals surface area contributed by atoms with Gasteiger partial charge in [0.05, 0.1) is 0 Å². The first kappa shape index (κ1) is 13.0. The monoisotopic (exact) mass is 213 g/mol. The summed E-state index contributed by atoms with van der Waals surface area (Å²) in [7, 11) is 2.25. The average molecular weight is 213 g/mol. The predicted octanol–water partition coefficient (Wildman–Crippen LogP) is 2.80. The molecule has 0 atom stereocenters. The molecule has 2 heteroatoms. The minimum atomic E-state index is 0.346. The van der Waals surface area contributed by atoms with Crippen LogP contribution in [0.15, 0.2) is 0 Å². The third-order valence-electron chi connectivity index (χ3n) is 3.62. The Balaban J connectivity index is 2.19. The lowest BCUT2D eigenvalue weighted by molar-refractivity contribution is 0.192. The first-order chi connectivity index (χ1) is 7.34. The maximum absolute atomic E-state index is 8.75. The van der Waals surface area contributed by atoms with Gasteiger partial charge < -0.3 is 10.0 Å². The molecule has 0 radical (unpaired) electrons. The molecule has 1 saturated carbocycles. The molecule has 1 N–H and O–H groups in total. The van der Waals surface area contributed by atoms with Crippen molar-refractivity contribution in [3.63, 3.8) is 0 Å². The average Bonchev–Trinajstić information content (AvgIpc) is 2.17. The van der Waals surface area contributed by atoms with Gasteiger partial charge in [-0.2, -0.15) is 0 Å². The molecule has 0 aromatic rings. The Hall–Kier alpha value is -0.0800. The van der Waals surface area contributed by atoms with Crippen molar-refractivity contribution in [2.75, 3.05) is 20.2 Å². The molecule has 0 saturated heterocycles. The summed E-state index contributed by atoms with van der Waals surface area (Å²) in [5.41, 5.74) is 0. The quantitative estimate of drug-likeness (QED) is 0.710. The summed E-state index contributed by atoms with van der Waals surface area (Å²) in [5, 5.41) is 8.75. The van der Waals surface area contributed by atoms with Gasteiger partial charge in [0.15, 0.2) is 0 Å². The second-order valence-corrected chi connectivity index (χ2v) is 4.91.